The number of hydrogen-bond acceptors (Lipinski definition) is 5. The average molecular weight is 266 g/mol. The first kappa shape index (κ1) is 15.1. The number of rotatable bonds is 7. The zero-order valence-electron chi connectivity index (χ0n) is 11.1. The van der Waals surface area contributed by atoms with Crippen LogP contribution in [0.25, 0.3) is 0 Å². The fourth-order valence-electron chi connectivity index (χ4n) is 1.61. The van der Waals surface area contributed by atoms with Crippen molar-refractivity contribution in [3.63, 3.8) is 0 Å². The maximum Gasteiger partial charge on any atom is 0.307 e. The molecule has 19 heavy (non-hydrogen) atoms. The van der Waals surface area contributed by atoms with Gasteiger partial charge < -0.3 is 10.1 Å². The van der Waals surface area contributed by atoms with Crippen molar-refractivity contribution in [3.8, 4) is 0 Å². The first-order valence-electron chi connectivity index (χ1n) is 6.15. The Balaban J connectivity index is 2.45. The predicted octanol–water partition coefficient (Wildman–Crippen LogP) is 2.03. The highest BCUT2D eigenvalue weighted by Gasteiger charge is 2.10. The van der Waals surface area contributed by atoms with Gasteiger partial charge in [-0.2, -0.15) is 0 Å². The van der Waals surface area contributed by atoms with Gasteiger partial charge in [-0.1, -0.05) is 12.1 Å². The van der Waals surface area contributed by atoms with E-state index < -0.39 is 4.92 Å². The van der Waals surface area contributed by atoms with Crippen LogP contribution in [0.5, 0.6) is 0 Å². The van der Waals surface area contributed by atoms with Crippen molar-refractivity contribution < 1.29 is 14.5 Å². The second kappa shape index (κ2) is 7.48. The number of nitro benzene ring substituents is 1. The number of benzene rings is 1. The molecule has 0 fully saturated rings. The molecule has 0 aromatic heterocycles. The number of esters is 1. The molecular formula is C13H18N2O4. The minimum atomic E-state index is -0.425. The highest BCUT2D eigenvalue weighted by atomic mass is 16.6. The lowest BCUT2D eigenvalue weighted by Crippen LogP contribution is -2.28. The topological polar surface area (TPSA) is 81.5 Å². The number of carbonyl (C=O) groups is 1. The molecule has 1 unspecified atom stereocenters. The third-order valence-electron chi connectivity index (χ3n) is 2.55. The summed E-state index contributed by atoms with van der Waals surface area (Å²) < 4.78 is 4.85. The smallest absolute Gasteiger partial charge is 0.307 e. The lowest BCUT2D eigenvalue weighted by Gasteiger charge is -2.12. The number of nitrogens with one attached hydrogen (secondary N) is 1. The van der Waals surface area contributed by atoms with Crippen LogP contribution in [0.3, 0.4) is 0 Å². The monoisotopic (exact) mass is 266 g/mol. The first-order valence-corrected chi connectivity index (χ1v) is 6.15. The Kier molecular flexibility index (Phi) is 5.95. The van der Waals surface area contributed by atoms with E-state index in [1.165, 1.54) is 12.1 Å². The molecule has 0 aliphatic heterocycles. The molecule has 0 aliphatic carbocycles. The fraction of sp³-hybridized carbons (Fsp3) is 0.462. The zero-order valence-corrected chi connectivity index (χ0v) is 11.1. The van der Waals surface area contributed by atoms with Gasteiger partial charge in [0.1, 0.15) is 0 Å². The summed E-state index contributed by atoms with van der Waals surface area (Å²) in [7, 11) is 0. The van der Waals surface area contributed by atoms with Gasteiger partial charge >= 0.3 is 5.97 Å². The number of non-ortho nitro benzene ring substituents is 1. The summed E-state index contributed by atoms with van der Waals surface area (Å²) in [6, 6.07) is 6.37. The van der Waals surface area contributed by atoms with Gasteiger partial charge in [0.25, 0.3) is 5.69 Å². The van der Waals surface area contributed by atoms with E-state index in [0.29, 0.717) is 13.2 Å². The molecular weight excluding hydrogens is 248 g/mol. The molecule has 0 bridgehead atoms. The predicted molar refractivity (Wildman–Crippen MR) is 70.6 cm³/mol. The van der Waals surface area contributed by atoms with Gasteiger partial charge in [0.05, 0.1) is 18.0 Å². The molecule has 6 nitrogen and oxygen atoms in total. The van der Waals surface area contributed by atoms with E-state index in [0.717, 1.165) is 5.56 Å². The minimum Gasteiger partial charge on any atom is -0.466 e. The van der Waals surface area contributed by atoms with Gasteiger partial charge in [-0.05, 0) is 19.4 Å². The van der Waals surface area contributed by atoms with Crippen LogP contribution in [-0.4, -0.2) is 23.5 Å². The van der Waals surface area contributed by atoms with Crippen molar-refractivity contribution >= 4 is 11.7 Å². The summed E-state index contributed by atoms with van der Waals surface area (Å²) in [5.74, 6) is -0.249. The summed E-state index contributed by atoms with van der Waals surface area (Å²) in [5.41, 5.74) is 0.877. The van der Waals surface area contributed by atoms with Crippen molar-refractivity contribution in [2.45, 2.75) is 32.9 Å². The van der Waals surface area contributed by atoms with Crippen LogP contribution in [0.1, 0.15) is 25.8 Å². The summed E-state index contributed by atoms with van der Waals surface area (Å²) in [5, 5.41) is 13.8. The third-order valence-corrected chi connectivity index (χ3v) is 2.55. The molecule has 1 N–H and O–H groups in total. The van der Waals surface area contributed by atoms with Crippen LogP contribution in [0, 0.1) is 10.1 Å². The Morgan fingerprint density at radius 1 is 1.53 bits per heavy atom. The van der Waals surface area contributed by atoms with Crippen molar-refractivity contribution in [3.05, 3.63) is 39.9 Å². The standard InChI is InChI=1S/C13H18N2O4/c1-3-19-13(16)7-10(2)14-9-11-5-4-6-12(8-11)15(17)18/h4-6,8,10,14H,3,7,9H2,1-2H3. The molecule has 0 radical (unpaired) electrons. The van der Waals surface area contributed by atoms with Crippen molar-refractivity contribution in [1.82, 2.24) is 5.32 Å². The van der Waals surface area contributed by atoms with Crippen molar-refractivity contribution in [2.75, 3.05) is 6.61 Å². The molecule has 0 spiro atoms. The number of carbonyl (C=O) groups excluding carboxylic acids is 1. The average Bonchev–Trinajstić information content (AvgIpc) is 2.37. The number of nitro groups is 1. The Bertz CT molecular complexity index is 448. The first-order chi connectivity index (χ1) is 9.02. The quantitative estimate of drug-likeness (QED) is 0.464. The van der Waals surface area contributed by atoms with Gasteiger partial charge in [-0.3, -0.25) is 14.9 Å². The van der Waals surface area contributed by atoms with E-state index >= 15 is 0 Å². The van der Waals surface area contributed by atoms with Crippen LogP contribution in [-0.2, 0) is 16.1 Å². The van der Waals surface area contributed by atoms with Crippen LogP contribution in [0.15, 0.2) is 24.3 Å². The molecule has 6 heteroatoms. The summed E-state index contributed by atoms with van der Waals surface area (Å²) in [6.45, 7) is 4.48. The van der Waals surface area contributed by atoms with Crippen LogP contribution < -0.4 is 5.32 Å². The number of ether oxygens (including phenoxy) is 1. The molecule has 1 rings (SSSR count). The Hall–Kier alpha value is -1.95. The Labute approximate surface area is 111 Å². The summed E-state index contributed by atoms with van der Waals surface area (Å²) >= 11 is 0. The van der Waals surface area contributed by atoms with E-state index in [4.69, 9.17) is 4.74 Å². The molecule has 104 valence electrons. The lowest BCUT2D eigenvalue weighted by atomic mass is 10.1. The molecule has 0 aliphatic rings. The second-order valence-corrected chi connectivity index (χ2v) is 4.22. The van der Waals surface area contributed by atoms with Crippen LogP contribution >= 0.6 is 0 Å². The molecule has 1 aromatic carbocycles. The fourth-order valence-corrected chi connectivity index (χ4v) is 1.61. The van der Waals surface area contributed by atoms with Gasteiger partial charge in [0, 0.05) is 24.7 Å². The maximum atomic E-state index is 11.3. The van der Waals surface area contributed by atoms with Crippen molar-refractivity contribution in [1.29, 1.82) is 0 Å². The lowest BCUT2D eigenvalue weighted by molar-refractivity contribution is -0.384. The molecule has 0 amide bonds. The second-order valence-electron chi connectivity index (χ2n) is 4.22. The van der Waals surface area contributed by atoms with Crippen LogP contribution in [0.4, 0.5) is 5.69 Å². The summed E-state index contributed by atoms with van der Waals surface area (Å²) in [6.07, 6.45) is 0.281. The third kappa shape index (κ3) is 5.48. The Morgan fingerprint density at radius 2 is 2.26 bits per heavy atom. The highest BCUT2D eigenvalue weighted by molar-refractivity contribution is 5.70. The molecule has 1 atom stereocenters. The van der Waals surface area contributed by atoms with E-state index in [9.17, 15) is 14.9 Å². The summed E-state index contributed by atoms with van der Waals surface area (Å²) in [4.78, 5) is 21.5. The zero-order chi connectivity index (χ0) is 14.3. The largest absolute Gasteiger partial charge is 0.466 e. The van der Waals surface area contributed by atoms with Crippen molar-refractivity contribution in [2.24, 2.45) is 0 Å². The molecule has 1 aromatic rings. The van der Waals surface area contributed by atoms with E-state index in [1.54, 1.807) is 19.1 Å². The molecule has 0 saturated carbocycles. The number of nitrogens with zero attached hydrogens (tertiary/aromatic N) is 1. The van der Waals surface area contributed by atoms with E-state index in [-0.39, 0.29) is 24.1 Å². The van der Waals surface area contributed by atoms with Gasteiger partial charge in [-0.25, -0.2) is 0 Å². The minimum absolute atomic E-state index is 0.0432. The maximum absolute atomic E-state index is 11.3. The SMILES string of the molecule is CCOC(=O)CC(C)NCc1cccc([N+](=O)[O-])c1. The van der Waals surface area contributed by atoms with Gasteiger partial charge in [0.2, 0.25) is 0 Å². The number of hydrogen-bond donors (Lipinski definition) is 1. The van der Waals surface area contributed by atoms with Crippen LogP contribution in [0.2, 0.25) is 0 Å². The van der Waals surface area contributed by atoms with Gasteiger partial charge in [0.15, 0.2) is 0 Å². The highest BCUT2D eigenvalue weighted by Crippen LogP contribution is 2.13. The van der Waals surface area contributed by atoms with E-state index in [2.05, 4.69) is 5.32 Å². The Morgan fingerprint density at radius 3 is 2.89 bits per heavy atom. The molecule has 0 heterocycles. The van der Waals surface area contributed by atoms with E-state index in [1.807, 2.05) is 6.92 Å². The molecule has 0 saturated heterocycles. The normalized spacial score (nSPS) is 11.9. The van der Waals surface area contributed by atoms with Gasteiger partial charge in [-0.15, -0.1) is 0 Å².